The van der Waals surface area contributed by atoms with Gasteiger partial charge in [0.25, 0.3) is 0 Å². The number of hydroxylamine groups is 1. The van der Waals surface area contributed by atoms with E-state index in [9.17, 15) is 0 Å². The molecular weight excluding hydrogens is 78.0 g/mol. The lowest BCUT2D eigenvalue weighted by Gasteiger charge is -1.94. The van der Waals surface area contributed by atoms with E-state index in [1.54, 1.807) is 0 Å². The second-order valence-electron chi connectivity index (χ2n) is 1.72. The Balaban J connectivity index is 2.63. The molecule has 1 N–H and O–H groups in total. The van der Waals surface area contributed by atoms with Crippen LogP contribution in [0.25, 0.3) is 0 Å². The van der Waals surface area contributed by atoms with Crippen LogP contribution in [0.4, 0.5) is 0 Å². The van der Waals surface area contributed by atoms with Gasteiger partial charge in [-0.05, 0) is 5.92 Å². The maximum atomic E-state index is 7.86. The molecule has 0 aromatic rings. The van der Waals surface area contributed by atoms with Gasteiger partial charge in [0, 0.05) is 6.54 Å². The lowest BCUT2D eigenvalue weighted by molar-refractivity contribution is 0.144. The van der Waals surface area contributed by atoms with Crippen LogP contribution in [-0.2, 0) is 0 Å². The minimum atomic E-state index is 0.481. The topological polar surface area (TPSA) is 34.3 Å². The highest BCUT2D eigenvalue weighted by atomic mass is 16.5. The molecule has 0 aliphatic heterocycles. The van der Waals surface area contributed by atoms with Crippen LogP contribution in [0.15, 0.2) is 0 Å². The molecule has 0 aliphatic carbocycles. The monoisotopic (exact) mass is 88.1 g/mol. The Kier molecular flexibility index (Phi) is 3.08. The van der Waals surface area contributed by atoms with E-state index in [4.69, 9.17) is 5.21 Å². The van der Waals surface area contributed by atoms with Crippen molar-refractivity contribution in [3.8, 4) is 0 Å². The van der Waals surface area contributed by atoms with E-state index in [1.807, 2.05) is 13.8 Å². The number of hydrogen-bond acceptors (Lipinski definition) is 1. The molecule has 0 aromatic heterocycles. The predicted molar refractivity (Wildman–Crippen MR) is 23.6 cm³/mol. The molecule has 0 aliphatic rings. The Labute approximate surface area is 38.1 Å². The van der Waals surface area contributed by atoms with Crippen LogP contribution < -0.4 is 5.48 Å². The smallest absolute Gasteiger partial charge is 0.0447 e. The molecule has 0 saturated heterocycles. The van der Waals surface area contributed by atoms with Crippen LogP contribution in [0.1, 0.15) is 13.8 Å². The molecule has 0 aromatic carbocycles. The number of hydrogen-bond donors (Lipinski definition) is 1. The van der Waals surface area contributed by atoms with E-state index < -0.39 is 0 Å². The molecule has 0 saturated carbocycles. The van der Waals surface area contributed by atoms with Gasteiger partial charge in [-0.1, -0.05) is 13.8 Å². The Bertz CT molecular complexity index is 28.7. The normalized spacial score (nSPS) is 10.0. The van der Waals surface area contributed by atoms with Gasteiger partial charge >= 0.3 is 0 Å². The van der Waals surface area contributed by atoms with Crippen molar-refractivity contribution < 1.29 is 5.21 Å². The van der Waals surface area contributed by atoms with Crippen molar-refractivity contribution in [2.24, 2.45) is 5.92 Å². The van der Waals surface area contributed by atoms with Gasteiger partial charge in [-0.2, -0.15) is 0 Å². The highest BCUT2D eigenvalue weighted by molar-refractivity contribution is 4.39. The summed E-state index contributed by atoms with van der Waals surface area (Å²) in [6.45, 7) is 4.56. The summed E-state index contributed by atoms with van der Waals surface area (Å²) in [6, 6.07) is 0. The third kappa shape index (κ3) is 3.92. The third-order valence-corrected chi connectivity index (χ3v) is 0.447. The van der Waals surface area contributed by atoms with Crippen molar-refractivity contribution in [2.75, 3.05) is 6.54 Å². The van der Waals surface area contributed by atoms with E-state index in [-0.39, 0.29) is 0 Å². The Morgan fingerprint density at radius 1 is 1.67 bits per heavy atom. The van der Waals surface area contributed by atoms with E-state index >= 15 is 0 Å². The molecule has 37 valence electrons. The summed E-state index contributed by atoms with van der Waals surface area (Å²) in [6.07, 6.45) is 0. The average molecular weight is 88.1 g/mol. The van der Waals surface area contributed by atoms with E-state index in [0.717, 1.165) is 0 Å². The van der Waals surface area contributed by atoms with Crippen LogP contribution in [0, 0.1) is 5.92 Å². The standard InChI is InChI=1S/C4H10NO/c1-4(2)3-5-6/h4,6H,3H2,1-2H3. The SMILES string of the molecule is CC(C)C[N]O. The van der Waals surface area contributed by atoms with Crippen molar-refractivity contribution in [3.63, 3.8) is 0 Å². The van der Waals surface area contributed by atoms with Crippen molar-refractivity contribution in [1.82, 2.24) is 5.48 Å². The number of rotatable bonds is 2. The van der Waals surface area contributed by atoms with Gasteiger partial charge < -0.3 is 0 Å². The maximum absolute atomic E-state index is 7.86. The lowest BCUT2D eigenvalue weighted by atomic mass is 10.2. The summed E-state index contributed by atoms with van der Waals surface area (Å²) in [5.41, 5.74) is 2.94. The van der Waals surface area contributed by atoms with E-state index in [0.29, 0.717) is 12.5 Å². The van der Waals surface area contributed by atoms with Gasteiger partial charge in [0.05, 0.1) is 0 Å². The zero-order chi connectivity index (χ0) is 4.99. The number of nitrogens with zero attached hydrogens (tertiary/aromatic N) is 1. The van der Waals surface area contributed by atoms with Crippen LogP contribution in [0.3, 0.4) is 0 Å². The molecule has 0 bridgehead atoms. The van der Waals surface area contributed by atoms with Gasteiger partial charge in [0.15, 0.2) is 0 Å². The fraction of sp³-hybridized carbons (Fsp3) is 1.00. The molecule has 2 nitrogen and oxygen atoms in total. The molecule has 6 heavy (non-hydrogen) atoms. The van der Waals surface area contributed by atoms with E-state index in [2.05, 4.69) is 5.48 Å². The highest BCUT2D eigenvalue weighted by Gasteiger charge is 1.87. The predicted octanol–water partition coefficient (Wildman–Crippen LogP) is 0.636. The molecule has 0 atom stereocenters. The minimum absolute atomic E-state index is 0.481. The van der Waals surface area contributed by atoms with Gasteiger partial charge in [-0.15, -0.1) is 5.48 Å². The maximum Gasteiger partial charge on any atom is 0.0447 e. The summed E-state index contributed by atoms with van der Waals surface area (Å²) < 4.78 is 0. The fourth-order valence-corrected chi connectivity index (χ4v) is 0.163. The van der Waals surface area contributed by atoms with Crippen LogP contribution in [-0.4, -0.2) is 11.8 Å². The van der Waals surface area contributed by atoms with E-state index in [1.165, 1.54) is 0 Å². The Hall–Kier alpha value is -0.0800. The second-order valence-corrected chi connectivity index (χ2v) is 1.72. The Morgan fingerprint density at radius 2 is 2.17 bits per heavy atom. The molecule has 0 amide bonds. The molecular formula is C4H10NO. The molecule has 0 fully saturated rings. The van der Waals surface area contributed by atoms with Gasteiger partial charge in [-0.25, -0.2) is 0 Å². The summed E-state index contributed by atoms with van der Waals surface area (Å²) in [7, 11) is 0. The van der Waals surface area contributed by atoms with Gasteiger partial charge in [-0.3, -0.25) is 5.21 Å². The molecule has 1 radical (unpaired) electrons. The van der Waals surface area contributed by atoms with Crippen molar-refractivity contribution in [2.45, 2.75) is 13.8 Å². The molecule has 2 heteroatoms. The average Bonchev–Trinajstić information content (AvgIpc) is 1.35. The minimum Gasteiger partial charge on any atom is -0.297 e. The van der Waals surface area contributed by atoms with Crippen molar-refractivity contribution in [1.29, 1.82) is 0 Å². The first kappa shape index (κ1) is 5.92. The zero-order valence-electron chi connectivity index (χ0n) is 4.18. The molecule has 0 heterocycles. The van der Waals surface area contributed by atoms with Crippen molar-refractivity contribution in [3.05, 3.63) is 0 Å². The van der Waals surface area contributed by atoms with Gasteiger partial charge in [0.1, 0.15) is 0 Å². The summed E-state index contributed by atoms with van der Waals surface area (Å²) in [5, 5.41) is 7.86. The largest absolute Gasteiger partial charge is 0.297 e. The van der Waals surface area contributed by atoms with Crippen LogP contribution in [0.2, 0.25) is 0 Å². The summed E-state index contributed by atoms with van der Waals surface area (Å²) in [4.78, 5) is 0. The first-order chi connectivity index (χ1) is 2.77. The lowest BCUT2D eigenvalue weighted by Crippen LogP contribution is -2.06. The van der Waals surface area contributed by atoms with Gasteiger partial charge in [0.2, 0.25) is 0 Å². The Morgan fingerprint density at radius 3 is 2.17 bits per heavy atom. The molecule has 0 spiro atoms. The highest BCUT2D eigenvalue weighted by Crippen LogP contribution is 1.84. The second kappa shape index (κ2) is 3.12. The van der Waals surface area contributed by atoms with Crippen LogP contribution in [0.5, 0.6) is 0 Å². The first-order valence-electron chi connectivity index (χ1n) is 2.08. The van der Waals surface area contributed by atoms with Crippen molar-refractivity contribution >= 4 is 0 Å². The molecule has 0 rings (SSSR count). The molecule has 0 unspecified atom stereocenters. The third-order valence-electron chi connectivity index (χ3n) is 0.447. The summed E-state index contributed by atoms with van der Waals surface area (Å²) in [5.74, 6) is 0.481. The quantitative estimate of drug-likeness (QED) is 0.494. The fourth-order valence-electron chi connectivity index (χ4n) is 0.163. The summed E-state index contributed by atoms with van der Waals surface area (Å²) >= 11 is 0. The van der Waals surface area contributed by atoms with Crippen LogP contribution >= 0.6 is 0 Å². The zero-order valence-corrected chi connectivity index (χ0v) is 4.18. The first-order valence-corrected chi connectivity index (χ1v) is 2.08.